The van der Waals surface area contributed by atoms with Gasteiger partial charge in [-0.05, 0) is 99.5 Å². The number of hydrogen-bond acceptors (Lipinski definition) is 4. The SMILES string of the molecule is C[C@H](CC[C@H](O)c1nc2ccccc2n1C)[C@H]1CC[C@H]2C(=CC=C3CC(O)C[C@H](O)C3)CCC[C@]12C. The topological polar surface area (TPSA) is 78.5 Å². The molecule has 7 atom stereocenters. The first-order chi connectivity index (χ1) is 17.3. The average molecular weight is 493 g/mol. The van der Waals surface area contributed by atoms with Crippen molar-refractivity contribution in [2.45, 2.75) is 96.4 Å². The van der Waals surface area contributed by atoms with Crippen molar-refractivity contribution in [2.75, 3.05) is 0 Å². The second-order valence-corrected chi connectivity index (χ2v) is 12.2. The highest BCUT2D eigenvalue weighted by atomic mass is 16.3. The number of rotatable bonds is 6. The van der Waals surface area contributed by atoms with E-state index in [1.54, 1.807) is 5.57 Å². The molecule has 36 heavy (non-hydrogen) atoms. The smallest absolute Gasteiger partial charge is 0.138 e. The summed E-state index contributed by atoms with van der Waals surface area (Å²) >= 11 is 0. The van der Waals surface area contributed by atoms with Gasteiger partial charge in [0.1, 0.15) is 11.9 Å². The number of fused-ring (bicyclic) bond motifs is 2. The predicted molar refractivity (Wildman–Crippen MR) is 144 cm³/mol. The number of allylic oxidation sites excluding steroid dienone is 3. The lowest BCUT2D eigenvalue weighted by Gasteiger charge is -2.44. The van der Waals surface area contributed by atoms with Crippen molar-refractivity contribution < 1.29 is 15.3 Å². The van der Waals surface area contributed by atoms with E-state index in [9.17, 15) is 15.3 Å². The Bertz CT molecular complexity index is 1120. The molecule has 0 bridgehead atoms. The Morgan fingerprint density at radius 1 is 1.11 bits per heavy atom. The molecule has 3 fully saturated rings. The summed E-state index contributed by atoms with van der Waals surface area (Å²) in [7, 11) is 2.00. The Balaban J connectivity index is 1.24. The maximum absolute atomic E-state index is 11.0. The van der Waals surface area contributed by atoms with E-state index in [2.05, 4.69) is 32.1 Å². The molecule has 0 radical (unpaired) electrons. The van der Waals surface area contributed by atoms with Crippen molar-refractivity contribution >= 4 is 11.0 Å². The van der Waals surface area contributed by atoms with Gasteiger partial charge in [-0.1, -0.05) is 49.3 Å². The molecule has 0 aliphatic heterocycles. The summed E-state index contributed by atoms with van der Waals surface area (Å²) < 4.78 is 2.04. The second kappa shape index (κ2) is 10.4. The van der Waals surface area contributed by atoms with Gasteiger partial charge in [-0.25, -0.2) is 4.98 Å². The third kappa shape index (κ3) is 4.94. The lowest BCUT2D eigenvalue weighted by atomic mass is 9.60. The summed E-state index contributed by atoms with van der Waals surface area (Å²) in [6.07, 6.45) is 13.0. The molecule has 3 saturated carbocycles. The number of aliphatic hydroxyl groups is 3. The Labute approximate surface area is 215 Å². The monoisotopic (exact) mass is 492 g/mol. The molecule has 2 aromatic rings. The van der Waals surface area contributed by atoms with Crippen LogP contribution in [-0.2, 0) is 7.05 Å². The summed E-state index contributed by atoms with van der Waals surface area (Å²) in [5.74, 6) is 2.63. The lowest BCUT2D eigenvalue weighted by Crippen LogP contribution is -2.36. The number of imidazole rings is 1. The van der Waals surface area contributed by atoms with E-state index < -0.39 is 18.3 Å². The molecular formula is C31H44N2O3. The summed E-state index contributed by atoms with van der Waals surface area (Å²) in [4.78, 5) is 4.71. The van der Waals surface area contributed by atoms with Crippen LogP contribution in [-0.4, -0.2) is 37.1 Å². The summed E-state index contributed by atoms with van der Waals surface area (Å²) in [5, 5.41) is 31.1. The molecule has 5 rings (SSSR count). The minimum Gasteiger partial charge on any atom is -0.393 e. The highest BCUT2D eigenvalue weighted by Crippen LogP contribution is 2.60. The van der Waals surface area contributed by atoms with Gasteiger partial charge in [0, 0.05) is 7.05 Å². The number of para-hydroxylation sites is 2. The molecule has 3 N–H and O–H groups in total. The number of benzene rings is 1. The molecule has 5 heteroatoms. The van der Waals surface area contributed by atoms with Crippen LogP contribution >= 0.6 is 0 Å². The van der Waals surface area contributed by atoms with Crippen LogP contribution in [0.15, 0.2) is 47.6 Å². The molecule has 1 unspecified atom stereocenters. The van der Waals surface area contributed by atoms with Crippen LogP contribution < -0.4 is 0 Å². The number of nitrogens with zero attached hydrogens (tertiary/aromatic N) is 2. The van der Waals surface area contributed by atoms with E-state index in [0.717, 1.165) is 29.7 Å². The van der Waals surface area contributed by atoms with Crippen LogP contribution in [0.2, 0.25) is 0 Å². The number of aromatic nitrogens is 2. The van der Waals surface area contributed by atoms with Gasteiger partial charge >= 0.3 is 0 Å². The number of hydrogen-bond donors (Lipinski definition) is 3. The molecule has 0 amide bonds. The first kappa shape index (κ1) is 25.7. The van der Waals surface area contributed by atoms with E-state index in [-0.39, 0.29) is 0 Å². The fourth-order valence-electron chi connectivity index (χ4n) is 7.96. The standard InChI is InChI=1S/C31H44N2O3/c1-20(10-15-29(36)30-32-27-8-4-5-9-28(27)33(30)3)25-13-14-26-22(7-6-16-31(25,26)2)12-11-21-17-23(34)19-24(35)18-21/h4-5,8-9,11-12,20,23-26,29,34-36H,6-7,10,13-19H2,1-3H3/t20-,23-,24?,25-,26+,29+,31-/m1/s1. The quantitative estimate of drug-likeness (QED) is 0.462. The molecule has 1 aromatic carbocycles. The number of aryl methyl sites for hydroxylation is 1. The molecule has 3 aliphatic rings. The average Bonchev–Trinajstić information content (AvgIpc) is 3.38. The zero-order chi connectivity index (χ0) is 25.4. The van der Waals surface area contributed by atoms with E-state index in [1.807, 2.05) is 29.8 Å². The maximum Gasteiger partial charge on any atom is 0.138 e. The third-order valence-corrected chi connectivity index (χ3v) is 9.81. The van der Waals surface area contributed by atoms with Crippen LogP contribution in [0.4, 0.5) is 0 Å². The zero-order valence-corrected chi connectivity index (χ0v) is 22.2. The molecule has 1 aromatic heterocycles. The predicted octanol–water partition coefficient (Wildman–Crippen LogP) is 6.00. The Kier molecular flexibility index (Phi) is 7.44. The van der Waals surface area contributed by atoms with Crippen molar-refractivity contribution in [3.8, 4) is 0 Å². The summed E-state index contributed by atoms with van der Waals surface area (Å²) in [6.45, 7) is 4.91. The largest absolute Gasteiger partial charge is 0.393 e. The maximum atomic E-state index is 11.0. The van der Waals surface area contributed by atoms with Crippen molar-refractivity contribution in [1.29, 1.82) is 0 Å². The van der Waals surface area contributed by atoms with Gasteiger partial charge in [0.15, 0.2) is 0 Å². The molecule has 5 nitrogen and oxygen atoms in total. The number of aliphatic hydroxyl groups excluding tert-OH is 3. The Hall–Kier alpha value is -1.95. The summed E-state index contributed by atoms with van der Waals surface area (Å²) in [6, 6.07) is 8.08. The molecule has 0 spiro atoms. The fourth-order valence-corrected chi connectivity index (χ4v) is 7.96. The normalized spacial score (nSPS) is 34.8. The lowest BCUT2D eigenvalue weighted by molar-refractivity contribution is 0.0609. The minimum absolute atomic E-state index is 0.316. The molecule has 1 heterocycles. The van der Waals surface area contributed by atoms with E-state index in [0.29, 0.717) is 42.4 Å². The van der Waals surface area contributed by atoms with E-state index >= 15 is 0 Å². The molecule has 3 aliphatic carbocycles. The molecule has 196 valence electrons. The van der Waals surface area contributed by atoms with Gasteiger partial charge in [-0.15, -0.1) is 0 Å². The van der Waals surface area contributed by atoms with Crippen molar-refractivity contribution in [3.63, 3.8) is 0 Å². The first-order valence-electron chi connectivity index (χ1n) is 14.1. The Morgan fingerprint density at radius 3 is 2.61 bits per heavy atom. The van der Waals surface area contributed by atoms with Gasteiger partial charge in [0.25, 0.3) is 0 Å². The van der Waals surface area contributed by atoms with Gasteiger partial charge in [0.05, 0.1) is 23.2 Å². The van der Waals surface area contributed by atoms with E-state index in [1.165, 1.54) is 37.7 Å². The minimum atomic E-state index is -0.538. The first-order valence-corrected chi connectivity index (χ1v) is 14.1. The highest BCUT2D eigenvalue weighted by Gasteiger charge is 2.50. The Morgan fingerprint density at radius 2 is 1.86 bits per heavy atom. The molecule has 0 saturated heterocycles. The van der Waals surface area contributed by atoms with Crippen LogP contribution in [0.3, 0.4) is 0 Å². The van der Waals surface area contributed by atoms with Crippen molar-refractivity contribution in [3.05, 3.63) is 53.4 Å². The molecular weight excluding hydrogens is 448 g/mol. The summed E-state index contributed by atoms with van der Waals surface area (Å²) in [5.41, 5.74) is 5.08. The third-order valence-electron chi connectivity index (χ3n) is 9.81. The van der Waals surface area contributed by atoms with Crippen LogP contribution in [0, 0.1) is 23.2 Å². The second-order valence-electron chi connectivity index (χ2n) is 12.2. The fraction of sp³-hybridized carbons (Fsp3) is 0.645. The zero-order valence-electron chi connectivity index (χ0n) is 22.2. The highest BCUT2D eigenvalue weighted by molar-refractivity contribution is 5.75. The van der Waals surface area contributed by atoms with Gasteiger partial charge in [-0.2, -0.15) is 0 Å². The van der Waals surface area contributed by atoms with Gasteiger partial charge in [-0.3, -0.25) is 0 Å². The van der Waals surface area contributed by atoms with Crippen LogP contribution in [0.1, 0.15) is 90.0 Å². The van der Waals surface area contributed by atoms with Gasteiger partial charge in [0.2, 0.25) is 0 Å². The van der Waals surface area contributed by atoms with Crippen molar-refractivity contribution in [2.24, 2.45) is 30.2 Å². The van der Waals surface area contributed by atoms with Crippen LogP contribution in [0.5, 0.6) is 0 Å². The van der Waals surface area contributed by atoms with Crippen LogP contribution in [0.25, 0.3) is 11.0 Å². The van der Waals surface area contributed by atoms with Crippen molar-refractivity contribution in [1.82, 2.24) is 9.55 Å². The van der Waals surface area contributed by atoms with Gasteiger partial charge < -0.3 is 19.9 Å². The van der Waals surface area contributed by atoms with E-state index in [4.69, 9.17) is 4.98 Å².